The molecule has 6 heteroatoms. The van der Waals surface area contributed by atoms with Crippen LogP contribution in [0.5, 0.6) is 5.75 Å². The van der Waals surface area contributed by atoms with Crippen molar-refractivity contribution in [2.24, 2.45) is 0 Å². The van der Waals surface area contributed by atoms with Gasteiger partial charge >= 0.3 is 0 Å². The second kappa shape index (κ2) is 7.38. The SMILES string of the molecule is Cc1nc(-c2cccc(OCCO[C@H]3CCCCO3)c2)no1. The lowest BCUT2D eigenvalue weighted by Gasteiger charge is -2.22. The molecule has 0 bridgehead atoms. The zero-order valence-corrected chi connectivity index (χ0v) is 12.7. The van der Waals surface area contributed by atoms with Gasteiger partial charge in [0, 0.05) is 19.1 Å². The molecule has 0 unspecified atom stereocenters. The fourth-order valence-electron chi connectivity index (χ4n) is 2.32. The summed E-state index contributed by atoms with van der Waals surface area (Å²) in [5, 5.41) is 3.90. The van der Waals surface area contributed by atoms with Gasteiger partial charge in [-0.25, -0.2) is 0 Å². The number of ether oxygens (including phenoxy) is 3. The number of benzene rings is 1. The van der Waals surface area contributed by atoms with Gasteiger partial charge in [-0.3, -0.25) is 0 Å². The van der Waals surface area contributed by atoms with Gasteiger partial charge in [-0.2, -0.15) is 4.98 Å². The summed E-state index contributed by atoms with van der Waals surface area (Å²) >= 11 is 0. The Balaban J connectivity index is 1.48. The van der Waals surface area contributed by atoms with Crippen molar-refractivity contribution >= 4 is 0 Å². The van der Waals surface area contributed by atoms with Crippen molar-refractivity contribution < 1.29 is 18.7 Å². The summed E-state index contributed by atoms with van der Waals surface area (Å²) in [4.78, 5) is 4.21. The van der Waals surface area contributed by atoms with Crippen LogP contribution in [0.1, 0.15) is 25.2 Å². The zero-order chi connectivity index (χ0) is 15.2. The molecule has 2 aromatic rings. The summed E-state index contributed by atoms with van der Waals surface area (Å²) in [6, 6.07) is 7.61. The van der Waals surface area contributed by atoms with Gasteiger partial charge in [0.05, 0.1) is 6.61 Å². The summed E-state index contributed by atoms with van der Waals surface area (Å²) in [5.41, 5.74) is 0.867. The Hall–Kier alpha value is -1.92. The summed E-state index contributed by atoms with van der Waals surface area (Å²) in [5.74, 6) is 1.87. The van der Waals surface area contributed by atoms with Crippen LogP contribution in [0.3, 0.4) is 0 Å². The van der Waals surface area contributed by atoms with Crippen LogP contribution in [-0.4, -0.2) is 36.3 Å². The van der Waals surface area contributed by atoms with Crippen molar-refractivity contribution in [3.63, 3.8) is 0 Å². The van der Waals surface area contributed by atoms with E-state index in [2.05, 4.69) is 10.1 Å². The Kier molecular flexibility index (Phi) is 5.03. The van der Waals surface area contributed by atoms with E-state index in [9.17, 15) is 0 Å². The van der Waals surface area contributed by atoms with Crippen LogP contribution in [0.15, 0.2) is 28.8 Å². The van der Waals surface area contributed by atoms with Gasteiger partial charge in [-0.1, -0.05) is 17.3 Å². The average Bonchev–Trinajstić information content (AvgIpc) is 3.00. The second-order valence-corrected chi connectivity index (χ2v) is 5.18. The highest BCUT2D eigenvalue weighted by molar-refractivity contribution is 5.56. The van der Waals surface area contributed by atoms with E-state index in [-0.39, 0.29) is 6.29 Å². The molecule has 1 aliphatic rings. The van der Waals surface area contributed by atoms with Crippen molar-refractivity contribution in [3.8, 4) is 17.1 Å². The first-order valence-electron chi connectivity index (χ1n) is 7.58. The first-order valence-corrected chi connectivity index (χ1v) is 7.58. The number of hydrogen-bond donors (Lipinski definition) is 0. The molecular weight excluding hydrogens is 284 g/mol. The Morgan fingerprint density at radius 2 is 2.23 bits per heavy atom. The van der Waals surface area contributed by atoms with Crippen LogP contribution < -0.4 is 4.74 Å². The second-order valence-electron chi connectivity index (χ2n) is 5.18. The summed E-state index contributed by atoms with van der Waals surface area (Å²) < 4.78 is 21.8. The number of aromatic nitrogens is 2. The molecule has 0 radical (unpaired) electrons. The standard InChI is InChI=1S/C16H20N2O4/c1-12-17-16(18-22-12)13-5-4-6-14(11-13)19-9-10-21-15-7-2-3-8-20-15/h4-6,11,15H,2-3,7-10H2,1H3/t15-/m0/s1. The third kappa shape index (κ3) is 4.05. The molecule has 1 aromatic carbocycles. The zero-order valence-electron chi connectivity index (χ0n) is 12.7. The number of hydrogen-bond acceptors (Lipinski definition) is 6. The van der Waals surface area contributed by atoms with Gasteiger partial charge < -0.3 is 18.7 Å². The Morgan fingerprint density at radius 1 is 1.27 bits per heavy atom. The highest BCUT2D eigenvalue weighted by Gasteiger charge is 2.13. The van der Waals surface area contributed by atoms with Crippen LogP contribution in [0, 0.1) is 6.92 Å². The van der Waals surface area contributed by atoms with Gasteiger partial charge in [-0.15, -0.1) is 0 Å². The third-order valence-electron chi connectivity index (χ3n) is 3.41. The Morgan fingerprint density at radius 3 is 3.00 bits per heavy atom. The molecule has 0 spiro atoms. The predicted molar refractivity (Wildman–Crippen MR) is 79.5 cm³/mol. The van der Waals surface area contributed by atoms with Gasteiger partial charge in [0.1, 0.15) is 12.4 Å². The number of nitrogens with zero attached hydrogens (tertiary/aromatic N) is 2. The van der Waals surface area contributed by atoms with Crippen LogP contribution in [0.4, 0.5) is 0 Å². The first kappa shape index (κ1) is 15.0. The normalized spacial score (nSPS) is 18.3. The van der Waals surface area contributed by atoms with E-state index in [1.54, 1.807) is 6.92 Å². The smallest absolute Gasteiger partial charge is 0.223 e. The minimum absolute atomic E-state index is 0.0778. The summed E-state index contributed by atoms with van der Waals surface area (Å²) in [6.07, 6.45) is 3.18. The molecule has 0 amide bonds. The van der Waals surface area contributed by atoms with E-state index in [4.69, 9.17) is 18.7 Å². The lowest BCUT2D eigenvalue weighted by Crippen LogP contribution is -2.24. The highest BCUT2D eigenvalue weighted by atomic mass is 16.7. The lowest BCUT2D eigenvalue weighted by atomic mass is 10.2. The maximum Gasteiger partial charge on any atom is 0.223 e. The topological polar surface area (TPSA) is 66.6 Å². The van der Waals surface area contributed by atoms with Crippen molar-refractivity contribution in [2.45, 2.75) is 32.5 Å². The molecular formula is C16H20N2O4. The van der Waals surface area contributed by atoms with Crippen LogP contribution >= 0.6 is 0 Å². The van der Waals surface area contributed by atoms with Crippen molar-refractivity contribution in [1.29, 1.82) is 0 Å². The molecule has 1 saturated heterocycles. The third-order valence-corrected chi connectivity index (χ3v) is 3.41. The van der Waals surface area contributed by atoms with Gasteiger partial charge in [0.2, 0.25) is 11.7 Å². The lowest BCUT2D eigenvalue weighted by molar-refractivity contribution is -0.165. The Bertz CT molecular complexity index is 593. The maximum atomic E-state index is 5.70. The molecule has 2 heterocycles. The monoisotopic (exact) mass is 304 g/mol. The van der Waals surface area contributed by atoms with Crippen molar-refractivity contribution in [3.05, 3.63) is 30.2 Å². The molecule has 0 aliphatic carbocycles. The molecule has 0 N–H and O–H groups in total. The molecule has 0 saturated carbocycles. The highest BCUT2D eigenvalue weighted by Crippen LogP contribution is 2.21. The minimum atomic E-state index is -0.0778. The molecule has 118 valence electrons. The predicted octanol–water partition coefficient (Wildman–Crippen LogP) is 2.97. The molecule has 6 nitrogen and oxygen atoms in total. The van der Waals surface area contributed by atoms with Crippen molar-refractivity contribution in [1.82, 2.24) is 10.1 Å². The van der Waals surface area contributed by atoms with Gasteiger partial charge in [0.15, 0.2) is 6.29 Å². The summed E-state index contributed by atoms with van der Waals surface area (Å²) in [6.45, 7) is 3.55. The van der Waals surface area contributed by atoms with Gasteiger partial charge in [-0.05, 0) is 31.4 Å². The molecule has 3 rings (SSSR count). The van der Waals surface area contributed by atoms with Gasteiger partial charge in [0.25, 0.3) is 0 Å². The van der Waals surface area contributed by atoms with E-state index in [1.165, 1.54) is 0 Å². The molecule has 1 aliphatic heterocycles. The van der Waals surface area contributed by atoms with E-state index in [1.807, 2.05) is 24.3 Å². The maximum absolute atomic E-state index is 5.70. The Labute approximate surface area is 129 Å². The molecule has 1 aromatic heterocycles. The summed E-state index contributed by atoms with van der Waals surface area (Å²) in [7, 11) is 0. The van der Waals surface area contributed by atoms with Crippen molar-refractivity contribution in [2.75, 3.05) is 19.8 Å². The number of rotatable bonds is 6. The fourth-order valence-corrected chi connectivity index (χ4v) is 2.32. The first-order chi connectivity index (χ1) is 10.8. The van der Waals surface area contributed by atoms with Crippen LogP contribution in [-0.2, 0) is 9.47 Å². The van der Waals surface area contributed by atoms with Crippen LogP contribution in [0.25, 0.3) is 11.4 Å². The molecule has 1 fully saturated rings. The largest absolute Gasteiger partial charge is 0.491 e. The molecule has 1 atom stereocenters. The van der Waals surface area contributed by atoms with Crippen LogP contribution in [0.2, 0.25) is 0 Å². The minimum Gasteiger partial charge on any atom is -0.491 e. The van der Waals surface area contributed by atoms with E-state index in [0.29, 0.717) is 24.9 Å². The fraction of sp³-hybridized carbons (Fsp3) is 0.500. The van der Waals surface area contributed by atoms with E-state index < -0.39 is 0 Å². The van der Waals surface area contributed by atoms with E-state index >= 15 is 0 Å². The van der Waals surface area contributed by atoms with E-state index in [0.717, 1.165) is 37.2 Å². The molecule has 22 heavy (non-hydrogen) atoms. The number of aryl methyl sites for hydroxylation is 1. The quantitative estimate of drug-likeness (QED) is 0.764. The average molecular weight is 304 g/mol.